The molecular weight excluding hydrogens is 364 g/mol. The molecule has 0 spiro atoms. The van der Waals surface area contributed by atoms with Crippen molar-refractivity contribution in [2.24, 2.45) is 0 Å². The number of carbonyl (C=O) groups excluding carboxylic acids is 2. The summed E-state index contributed by atoms with van der Waals surface area (Å²) in [5.41, 5.74) is 1.44. The molecule has 0 atom stereocenters. The maximum atomic E-state index is 12.9. The molecule has 5 nitrogen and oxygen atoms in total. The van der Waals surface area contributed by atoms with Crippen LogP contribution in [-0.4, -0.2) is 36.4 Å². The van der Waals surface area contributed by atoms with Crippen molar-refractivity contribution in [3.05, 3.63) is 77.9 Å². The minimum Gasteiger partial charge on any atom is -0.483 e. The second kappa shape index (κ2) is 9.73. The van der Waals surface area contributed by atoms with Crippen LogP contribution >= 0.6 is 0 Å². The van der Waals surface area contributed by atoms with Gasteiger partial charge in [-0.05, 0) is 42.3 Å². The third-order valence-corrected chi connectivity index (χ3v) is 4.86. The molecule has 0 saturated heterocycles. The van der Waals surface area contributed by atoms with Crippen molar-refractivity contribution >= 4 is 22.6 Å². The van der Waals surface area contributed by atoms with Crippen molar-refractivity contribution < 1.29 is 14.3 Å². The number of carbonyl (C=O) groups is 2. The molecule has 0 aromatic heterocycles. The first-order valence-electron chi connectivity index (χ1n) is 9.87. The molecule has 0 saturated carbocycles. The summed E-state index contributed by atoms with van der Waals surface area (Å²) in [5, 5.41) is 4.84. The highest BCUT2D eigenvalue weighted by Crippen LogP contribution is 2.26. The van der Waals surface area contributed by atoms with E-state index < -0.39 is 0 Å². The van der Waals surface area contributed by atoms with E-state index in [2.05, 4.69) is 5.32 Å². The zero-order chi connectivity index (χ0) is 20.6. The molecule has 5 heteroatoms. The molecule has 0 aliphatic carbocycles. The Morgan fingerprint density at radius 2 is 1.52 bits per heavy atom. The van der Waals surface area contributed by atoms with E-state index in [9.17, 15) is 9.59 Å². The molecule has 29 heavy (non-hydrogen) atoms. The number of ether oxygens (including phenoxy) is 1. The molecule has 0 bridgehead atoms. The highest BCUT2D eigenvalue weighted by molar-refractivity contribution is 6.01. The van der Waals surface area contributed by atoms with Crippen LogP contribution in [-0.2, 0) is 11.3 Å². The molecule has 1 N–H and O–H groups in total. The smallest absolute Gasteiger partial charge is 0.260 e. The Balaban J connectivity index is 1.82. The summed E-state index contributed by atoms with van der Waals surface area (Å²) in [6, 6.07) is 21.1. The van der Waals surface area contributed by atoms with Crippen LogP contribution in [0.3, 0.4) is 0 Å². The van der Waals surface area contributed by atoms with E-state index in [1.54, 1.807) is 4.90 Å². The van der Waals surface area contributed by atoms with Gasteiger partial charge in [0, 0.05) is 19.6 Å². The Morgan fingerprint density at radius 3 is 2.17 bits per heavy atom. The van der Waals surface area contributed by atoms with E-state index in [0.717, 1.165) is 16.3 Å². The standard InChI is InChI=1S/C24H26N2O3/c1-3-26(4-2)23(27)17-29-22-15-20-13-9-8-12-19(20)14-21(22)24(28)25-16-18-10-6-5-7-11-18/h5-15H,3-4,16-17H2,1-2H3,(H,25,28). The molecular formula is C24H26N2O3. The van der Waals surface area contributed by atoms with E-state index in [-0.39, 0.29) is 18.4 Å². The minimum atomic E-state index is -0.232. The van der Waals surface area contributed by atoms with Gasteiger partial charge in [-0.15, -0.1) is 0 Å². The van der Waals surface area contributed by atoms with Crippen LogP contribution in [0.1, 0.15) is 29.8 Å². The summed E-state index contributed by atoms with van der Waals surface area (Å²) in [4.78, 5) is 26.9. The fourth-order valence-corrected chi connectivity index (χ4v) is 3.20. The van der Waals surface area contributed by atoms with Gasteiger partial charge in [0.25, 0.3) is 11.8 Å². The molecule has 0 aliphatic rings. The predicted octanol–water partition coefficient (Wildman–Crippen LogP) is 4.02. The van der Waals surface area contributed by atoms with Crippen molar-refractivity contribution in [2.75, 3.05) is 19.7 Å². The van der Waals surface area contributed by atoms with Crippen LogP contribution in [0.5, 0.6) is 5.75 Å². The lowest BCUT2D eigenvalue weighted by Gasteiger charge is -2.19. The first-order valence-corrected chi connectivity index (χ1v) is 9.87. The van der Waals surface area contributed by atoms with Gasteiger partial charge in [0.05, 0.1) is 5.56 Å². The fraction of sp³-hybridized carbons (Fsp3) is 0.250. The Labute approximate surface area is 171 Å². The average Bonchev–Trinajstić information content (AvgIpc) is 2.77. The van der Waals surface area contributed by atoms with Crippen molar-refractivity contribution in [3.8, 4) is 5.75 Å². The molecule has 2 amide bonds. The fourth-order valence-electron chi connectivity index (χ4n) is 3.20. The van der Waals surface area contributed by atoms with Gasteiger partial charge in [-0.1, -0.05) is 54.6 Å². The van der Waals surface area contributed by atoms with Crippen molar-refractivity contribution in [1.29, 1.82) is 0 Å². The van der Waals surface area contributed by atoms with E-state index in [0.29, 0.717) is 30.9 Å². The number of hydrogen-bond acceptors (Lipinski definition) is 3. The van der Waals surface area contributed by atoms with Gasteiger partial charge >= 0.3 is 0 Å². The first-order chi connectivity index (χ1) is 14.1. The minimum absolute atomic E-state index is 0.0982. The summed E-state index contributed by atoms with van der Waals surface area (Å²) in [6.07, 6.45) is 0. The highest BCUT2D eigenvalue weighted by atomic mass is 16.5. The van der Waals surface area contributed by atoms with Crippen LogP contribution in [0.4, 0.5) is 0 Å². The number of rotatable bonds is 8. The number of benzene rings is 3. The lowest BCUT2D eigenvalue weighted by molar-refractivity contribution is -0.132. The molecule has 0 radical (unpaired) electrons. The summed E-state index contributed by atoms with van der Waals surface area (Å²) < 4.78 is 5.81. The summed E-state index contributed by atoms with van der Waals surface area (Å²) >= 11 is 0. The molecule has 0 heterocycles. The van der Waals surface area contributed by atoms with Gasteiger partial charge in [0.15, 0.2) is 6.61 Å². The normalized spacial score (nSPS) is 10.6. The summed E-state index contributed by atoms with van der Waals surface area (Å²) in [7, 11) is 0. The Morgan fingerprint density at radius 1 is 0.897 bits per heavy atom. The molecule has 3 aromatic carbocycles. The first kappa shape index (κ1) is 20.4. The van der Waals surface area contributed by atoms with Crippen LogP contribution < -0.4 is 10.1 Å². The lowest BCUT2D eigenvalue weighted by atomic mass is 10.1. The third kappa shape index (κ3) is 5.13. The zero-order valence-electron chi connectivity index (χ0n) is 16.9. The number of nitrogens with one attached hydrogen (secondary N) is 1. The van der Waals surface area contributed by atoms with E-state index >= 15 is 0 Å². The van der Waals surface area contributed by atoms with Crippen LogP contribution in [0.15, 0.2) is 66.7 Å². The molecule has 150 valence electrons. The second-order valence-corrected chi connectivity index (χ2v) is 6.72. The van der Waals surface area contributed by atoms with Crippen molar-refractivity contribution in [3.63, 3.8) is 0 Å². The van der Waals surface area contributed by atoms with Gasteiger partial charge < -0.3 is 15.0 Å². The van der Waals surface area contributed by atoms with Crippen LogP contribution in [0, 0.1) is 0 Å². The van der Waals surface area contributed by atoms with Crippen molar-refractivity contribution in [1.82, 2.24) is 10.2 Å². The Hall–Kier alpha value is -3.34. The largest absolute Gasteiger partial charge is 0.483 e. The number of likely N-dealkylation sites (N-methyl/N-ethyl adjacent to an activating group) is 1. The van der Waals surface area contributed by atoms with Gasteiger partial charge in [0.2, 0.25) is 0 Å². The van der Waals surface area contributed by atoms with E-state index in [1.807, 2.05) is 80.6 Å². The van der Waals surface area contributed by atoms with Gasteiger partial charge in [0.1, 0.15) is 5.75 Å². The van der Waals surface area contributed by atoms with Gasteiger partial charge in [-0.3, -0.25) is 9.59 Å². The maximum absolute atomic E-state index is 12.9. The molecule has 0 unspecified atom stereocenters. The highest BCUT2D eigenvalue weighted by Gasteiger charge is 2.17. The summed E-state index contributed by atoms with van der Waals surface area (Å²) in [5.74, 6) is 0.0819. The number of amides is 2. The molecule has 3 rings (SSSR count). The zero-order valence-corrected chi connectivity index (χ0v) is 16.9. The van der Waals surface area contributed by atoms with Crippen LogP contribution in [0.2, 0.25) is 0 Å². The van der Waals surface area contributed by atoms with Crippen LogP contribution in [0.25, 0.3) is 10.8 Å². The van der Waals surface area contributed by atoms with Gasteiger partial charge in [-0.25, -0.2) is 0 Å². The summed E-state index contributed by atoms with van der Waals surface area (Å²) in [6.45, 7) is 5.44. The van der Waals surface area contributed by atoms with E-state index in [4.69, 9.17) is 4.74 Å². The SMILES string of the molecule is CCN(CC)C(=O)COc1cc2ccccc2cc1C(=O)NCc1ccccc1. The maximum Gasteiger partial charge on any atom is 0.260 e. The third-order valence-electron chi connectivity index (χ3n) is 4.86. The predicted molar refractivity (Wildman–Crippen MR) is 115 cm³/mol. The number of fused-ring (bicyclic) bond motifs is 1. The number of nitrogens with zero attached hydrogens (tertiary/aromatic N) is 1. The Kier molecular flexibility index (Phi) is 6.85. The average molecular weight is 390 g/mol. The molecule has 3 aromatic rings. The van der Waals surface area contributed by atoms with Crippen molar-refractivity contribution in [2.45, 2.75) is 20.4 Å². The number of hydrogen-bond donors (Lipinski definition) is 1. The lowest BCUT2D eigenvalue weighted by Crippen LogP contribution is -2.34. The van der Waals surface area contributed by atoms with E-state index in [1.165, 1.54) is 0 Å². The quantitative estimate of drug-likeness (QED) is 0.632. The molecule has 0 fully saturated rings. The van der Waals surface area contributed by atoms with Gasteiger partial charge in [-0.2, -0.15) is 0 Å². The topological polar surface area (TPSA) is 58.6 Å². The Bertz CT molecular complexity index is 982. The second-order valence-electron chi connectivity index (χ2n) is 6.72. The monoisotopic (exact) mass is 390 g/mol. The molecule has 0 aliphatic heterocycles.